The van der Waals surface area contributed by atoms with Crippen LogP contribution in [0.5, 0.6) is 0 Å². The third-order valence-corrected chi connectivity index (χ3v) is 2.44. The van der Waals surface area contributed by atoms with Crippen molar-refractivity contribution in [2.24, 2.45) is 0 Å². The molecule has 0 aliphatic carbocycles. The molecule has 102 valence electrons. The van der Waals surface area contributed by atoms with E-state index in [1.54, 1.807) is 13.1 Å². The zero-order chi connectivity index (χ0) is 13.7. The number of nitrogens with one attached hydrogen (secondary N) is 2. The minimum atomic E-state index is -0.317. The number of anilines is 2. The average molecular weight is 263 g/mol. The third kappa shape index (κ3) is 3.12. The number of imidazole rings is 1. The fourth-order valence-electron chi connectivity index (χ4n) is 1.68. The summed E-state index contributed by atoms with van der Waals surface area (Å²) in [6, 6.07) is 0. The lowest BCUT2D eigenvalue weighted by molar-refractivity contribution is -0.140. The van der Waals surface area contributed by atoms with E-state index in [1.807, 2.05) is 23.7 Å². The zero-order valence-electron chi connectivity index (χ0n) is 11.0. The molecule has 0 aliphatic heterocycles. The minimum Gasteiger partial charge on any atom is -0.465 e. The van der Waals surface area contributed by atoms with Crippen molar-refractivity contribution in [2.45, 2.75) is 13.8 Å². The summed E-state index contributed by atoms with van der Waals surface area (Å²) in [6.07, 6.45) is 5.36. The molecule has 19 heavy (non-hydrogen) atoms. The molecule has 2 heterocycles. The number of hydrogen-bond donors (Lipinski definition) is 2. The Hall–Kier alpha value is -2.31. The van der Waals surface area contributed by atoms with Crippen LogP contribution >= 0.6 is 0 Å². The molecule has 0 aliphatic rings. The molecule has 0 saturated carbocycles. The normalized spacial score (nSPS) is 10.4. The lowest BCUT2D eigenvalue weighted by Crippen LogP contribution is -2.18. The number of ether oxygens (including phenoxy) is 1. The van der Waals surface area contributed by atoms with Crippen molar-refractivity contribution in [3.05, 3.63) is 18.6 Å². The first-order valence-electron chi connectivity index (χ1n) is 6.21. The number of carbonyl (C=O) groups is 1. The van der Waals surface area contributed by atoms with Crippen molar-refractivity contribution in [1.29, 1.82) is 0 Å². The fraction of sp³-hybridized carbons (Fsp3) is 0.417. The monoisotopic (exact) mass is 263 g/mol. The standard InChI is InChI=1S/C12H17N5O2/c1-3-13-9-8-17-6-5-14-12(17)11(16-9)15-7-10(18)19-4-2/h5-6,8,13H,3-4,7H2,1-2H3,(H,15,16). The Balaban J connectivity index is 2.19. The predicted molar refractivity (Wildman–Crippen MR) is 72.3 cm³/mol. The third-order valence-electron chi connectivity index (χ3n) is 2.44. The Kier molecular flexibility index (Phi) is 4.17. The summed E-state index contributed by atoms with van der Waals surface area (Å²) in [7, 11) is 0. The molecule has 0 aromatic carbocycles. The number of nitrogens with zero attached hydrogens (tertiary/aromatic N) is 3. The van der Waals surface area contributed by atoms with Gasteiger partial charge in [-0.05, 0) is 13.8 Å². The van der Waals surface area contributed by atoms with Gasteiger partial charge in [0.25, 0.3) is 0 Å². The van der Waals surface area contributed by atoms with Gasteiger partial charge in [-0.25, -0.2) is 9.97 Å². The van der Waals surface area contributed by atoms with Gasteiger partial charge in [-0.15, -0.1) is 0 Å². The van der Waals surface area contributed by atoms with Gasteiger partial charge in [0.1, 0.15) is 12.4 Å². The lowest BCUT2D eigenvalue weighted by atomic mass is 10.5. The van der Waals surface area contributed by atoms with E-state index in [0.717, 1.165) is 12.4 Å². The highest BCUT2D eigenvalue weighted by molar-refractivity contribution is 5.77. The number of esters is 1. The van der Waals surface area contributed by atoms with E-state index in [0.29, 0.717) is 18.1 Å². The Morgan fingerprint density at radius 3 is 3.00 bits per heavy atom. The largest absolute Gasteiger partial charge is 0.465 e. The molecule has 0 radical (unpaired) electrons. The molecular weight excluding hydrogens is 246 g/mol. The smallest absolute Gasteiger partial charge is 0.325 e. The molecule has 7 nitrogen and oxygen atoms in total. The van der Waals surface area contributed by atoms with Crippen LogP contribution in [0.1, 0.15) is 13.8 Å². The SMILES string of the molecule is CCNc1cn2ccnc2c(NCC(=O)OCC)n1. The van der Waals surface area contributed by atoms with Crippen LogP contribution in [-0.2, 0) is 9.53 Å². The molecule has 0 fully saturated rings. The molecule has 2 rings (SSSR count). The second-order valence-electron chi connectivity index (χ2n) is 3.82. The fourth-order valence-corrected chi connectivity index (χ4v) is 1.68. The maximum Gasteiger partial charge on any atom is 0.325 e. The molecule has 2 aromatic rings. The van der Waals surface area contributed by atoms with Crippen LogP contribution in [-0.4, -0.2) is 40.0 Å². The van der Waals surface area contributed by atoms with Crippen LogP contribution in [0, 0.1) is 0 Å². The number of hydrogen-bond acceptors (Lipinski definition) is 6. The highest BCUT2D eigenvalue weighted by atomic mass is 16.5. The molecule has 2 aromatic heterocycles. The highest BCUT2D eigenvalue weighted by Crippen LogP contribution is 2.15. The van der Waals surface area contributed by atoms with E-state index in [9.17, 15) is 4.79 Å². The van der Waals surface area contributed by atoms with Crippen LogP contribution in [0.25, 0.3) is 5.65 Å². The predicted octanol–water partition coefficient (Wildman–Crippen LogP) is 1.14. The molecule has 0 amide bonds. The maximum atomic E-state index is 11.3. The van der Waals surface area contributed by atoms with Crippen LogP contribution in [0.2, 0.25) is 0 Å². The maximum absolute atomic E-state index is 11.3. The molecule has 0 atom stereocenters. The van der Waals surface area contributed by atoms with Gasteiger partial charge in [0, 0.05) is 18.9 Å². The van der Waals surface area contributed by atoms with Crippen LogP contribution in [0.15, 0.2) is 18.6 Å². The molecule has 0 unspecified atom stereocenters. The summed E-state index contributed by atoms with van der Waals surface area (Å²) in [4.78, 5) is 19.9. The second kappa shape index (κ2) is 6.03. The highest BCUT2D eigenvalue weighted by Gasteiger charge is 2.09. The molecule has 7 heteroatoms. The summed E-state index contributed by atoms with van der Waals surface area (Å²) in [5.41, 5.74) is 0.672. The molecule has 0 saturated heterocycles. The van der Waals surface area contributed by atoms with E-state index >= 15 is 0 Å². The van der Waals surface area contributed by atoms with E-state index in [1.165, 1.54) is 0 Å². The van der Waals surface area contributed by atoms with Gasteiger partial charge < -0.3 is 19.8 Å². The first-order chi connectivity index (χ1) is 9.24. The van der Waals surface area contributed by atoms with Gasteiger partial charge in [0.15, 0.2) is 11.5 Å². The van der Waals surface area contributed by atoms with Gasteiger partial charge in [-0.2, -0.15) is 0 Å². The van der Waals surface area contributed by atoms with Crippen LogP contribution in [0.4, 0.5) is 11.6 Å². The second-order valence-corrected chi connectivity index (χ2v) is 3.82. The van der Waals surface area contributed by atoms with Gasteiger partial charge >= 0.3 is 5.97 Å². The Morgan fingerprint density at radius 1 is 1.42 bits per heavy atom. The van der Waals surface area contributed by atoms with Gasteiger partial charge in [0.2, 0.25) is 0 Å². The number of fused-ring (bicyclic) bond motifs is 1. The lowest BCUT2D eigenvalue weighted by Gasteiger charge is -2.09. The topological polar surface area (TPSA) is 80.5 Å². The first kappa shape index (κ1) is 13.1. The Labute approximate surface area is 111 Å². The molecule has 0 bridgehead atoms. The van der Waals surface area contributed by atoms with Crippen molar-refractivity contribution in [3.63, 3.8) is 0 Å². The van der Waals surface area contributed by atoms with E-state index in [-0.39, 0.29) is 12.5 Å². The van der Waals surface area contributed by atoms with E-state index < -0.39 is 0 Å². The first-order valence-corrected chi connectivity index (χ1v) is 6.21. The van der Waals surface area contributed by atoms with E-state index in [4.69, 9.17) is 4.74 Å². The average Bonchev–Trinajstić information content (AvgIpc) is 2.85. The number of aromatic nitrogens is 3. The minimum absolute atomic E-state index is 0.0684. The number of carbonyl (C=O) groups excluding carboxylic acids is 1. The van der Waals surface area contributed by atoms with Crippen molar-refractivity contribution < 1.29 is 9.53 Å². The van der Waals surface area contributed by atoms with Crippen molar-refractivity contribution in [2.75, 3.05) is 30.3 Å². The number of rotatable bonds is 6. The Morgan fingerprint density at radius 2 is 2.26 bits per heavy atom. The summed E-state index contributed by atoms with van der Waals surface area (Å²) in [5.74, 6) is 0.957. The van der Waals surface area contributed by atoms with Crippen molar-refractivity contribution in [1.82, 2.24) is 14.4 Å². The van der Waals surface area contributed by atoms with Crippen molar-refractivity contribution >= 4 is 23.3 Å². The summed E-state index contributed by atoms with van der Waals surface area (Å²) < 4.78 is 6.71. The van der Waals surface area contributed by atoms with E-state index in [2.05, 4.69) is 20.6 Å². The quantitative estimate of drug-likeness (QED) is 0.761. The van der Waals surface area contributed by atoms with Gasteiger partial charge in [0.05, 0.1) is 12.8 Å². The molecule has 2 N–H and O–H groups in total. The van der Waals surface area contributed by atoms with Gasteiger partial charge in [-0.1, -0.05) is 0 Å². The molecule has 0 spiro atoms. The summed E-state index contributed by atoms with van der Waals surface area (Å²) in [6.45, 7) is 4.97. The van der Waals surface area contributed by atoms with Crippen molar-refractivity contribution in [3.8, 4) is 0 Å². The van der Waals surface area contributed by atoms with Gasteiger partial charge in [-0.3, -0.25) is 4.79 Å². The zero-order valence-corrected chi connectivity index (χ0v) is 11.0. The Bertz CT molecular complexity index is 566. The van der Waals surface area contributed by atoms with Crippen LogP contribution < -0.4 is 10.6 Å². The molecular formula is C12H17N5O2. The van der Waals surface area contributed by atoms with Crippen LogP contribution in [0.3, 0.4) is 0 Å². The summed E-state index contributed by atoms with van der Waals surface area (Å²) >= 11 is 0. The summed E-state index contributed by atoms with van der Waals surface area (Å²) in [5, 5.41) is 6.07.